The Kier molecular flexibility index (Phi) is 6.29. The standard InChI is InChI=1S/C18H32N4O4/c1-5-13(19-8-14(23)21-26)16(25)20-9-15(24)22-11-18(4)7-12(22)6-17(2,3)10-18/h12-13,19,26H,5-11H2,1-4H3,(H,20,25)(H,21,23). The normalized spacial score (nSPS) is 27.7. The average molecular weight is 368 g/mol. The zero-order valence-corrected chi connectivity index (χ0v) is 16.2. The van der Waals surface area contributed by atoms with E-state index in [4.69, 9.17) is 5.21 Å². The van der Waals surface area contributed by atoms with Gasteiger partial charge in [0.05, 0.1) is 19.1 Å². The molecule has 2 fully saturated rings. The van der Waals surface area contributed by atoms with Gasteiger partial charge in [0.15, 0.2) is 0 Å². The van der Waals surface area contributed by atoms with Crippen molar-refractivity contribution in [3.63, 3.8) is 0 Å². The van der Waals surface area contributed by atoms with Crippen molar-refractivity contribution in [3.05, 3.63) is 0 Å². The summed E-state index contributed by atoms with van der Waals surface area (Å²) in [7, 11) is 0. The predicted molar refractivity (Wildman–Crippen MR) is 96.3 cm³/mol. The minimum absolute atomic E-state index is 0.0315. The van der Waals surface area contributed by atoms with Gasteiger partial charge < -0.3 is 10.2 Å². The molecule has 0 aromatic carbocycles. The van der Waals surface area contributed by atoms with E-state index in [0.717, 1.165) is 25.8 Å². The highest BCUT2D eigenvalue weighted by atomic mass is 16.5. The first-order valence-electron chi connectivity index (χ1n) is 9.33. The van der Waals surface area contributed by atoms with Gasteiger partial charge in [-0.05, 0) is 36.5 Å². The van der Waals surface area contributed by atoms with Crippen LogP contribution >= 0.6 is 0 Å². The van der Waals surface area contributed by atoms with E-state index in [1.807, 2.05) is 11.8 Å². The van der Waals surface area contributed by atoms with Gasteiger partial charge in [-0.15, -0.1) is 0 Å². The van der Waals surface area contributed by atoms with Crippen LogP contribution in [-0.2, 0) is 14.4 Å². The molecule has 8 nitrogen and oxygen atoms in total. The van der Waals surface area contributed by atoms with Crippen LogP contribution in [0.3, 0.4) is 0 Å². The van der Waals surface area contributed by atoms with E-state index in [0.29, 0.717) is 6.42 Å². The molecule has 1 aliphatic carbocycles. The number of hydroxylamine groups is 1. The average Bonchev–Trinajstić information content (AvgIpc) is 2.81. The van der Waals surface area contributed by atoms with E-state index in [2.05, 4.69) is 31.4 Å². The molecule has 1 aliphatic heterocycles. The minimum Gasteiger partial charge on any atom is -0.346 e. The fourth-order valence-corrected chi connectivity index (χ4v) is 4.82. The number of likely N-dealkylation sites (tertiary alicyclic amines) is 1. The van der Waals surface area contributed by atoms with E-state index in [1.165, 1.54) is 5.48 Å². The number of carbonyl (C=O) groups is 3. The second-order valence-corrected chi connectivity index (χ2v) is 8.83. The Hall–Kier alpha value is -1.67. The molecule has 1 saturated heterocycles. The van der Waals surface area contributed by atoms with Crippen LogP contribution in [0.4, 0.5) is 0 Å². The van der Waals surface area contributed by atoms with Crippen molar-refractivity contribution < 1.29 is 19.6 Å². The molecule has 4 N–H and O–H groups in total. The molecule has 0 aromatic heterocycles. The van der Waals surface area contributed by atoms with Crippen molar-refractivity contribution in [2.24, 2.45) is 10.8 Å². The van der Waals surface area contributed by atoms with Gasteiger partial charge in [-0.1, -0.05) is 27.7 Å². The van der Waals surface area contributed by atoms with Crippen molar-refractivity contribution in [2.45, 2.75) is 65.5 Å². The maximum atomic E-state index is 12.7. The van der Waals surface area contributed by atoms with E-state index >= 15 is 0 Å². The van der Waals surface area contributed by atoms with Gasteiger partial charge in [0.1, 0.15) is 0 Å². The van der Waals surface area contributed by atoms with Crippen LogP contribution in [0.2, 0.25) is 0 Å². The molecule has 8 heteroatoms. The van der Waals surface area contributed by atoms with E-state index in [-0.39, 0.29) is 41.8 Å². The number of nitrogens with one attached hydrogen (secondary N) is 3. The molecule has 2 bridgehead atoms. The summed E-state index contributed by atoms with van der Waals surface area (Å²) < 4.78 is 0. The largest absolute Gasteiger partial charge is 0.346 e. The number of nitrogens with zero attached hydrogens (tertiary/aromatic N) is 1. The molecule has 1 saturated carbocycles. The van der Waals surface area contributed by atoms with Gasteiger partial charge in [-0.2, -0.15) is 0 Å². The minimum atomic E-state index is -0.618. The van der Waals surface area contributed by atoms with Crippen molar-refractivity contribution in [2.75, 3.05) is 19.6 Å². The lowest BCUT2D eigenvalue weighted by Gasteiger charge is -2.39. The summed E-state index contributed by atoms with van der Waals surface area (Å²) in [4.78, 5) is 37.9. The van der Waals surface area contributed by atoms with Crippen molar-refractivity contribution >= 4 is 17.7 Å². The highest BCUT2D eigenvalue weighted by Gasteiger charge is 2.50. The molecule has 2 rings (SSSR count). The summed E-state index contributed by atoms with van der Waals surface area (Å²) in [5.74, 6) is -0.986. The number of amides is 3. The first-order valence-corrected chi connectivity index (χ1v) is 9.33. The molecule has 0 radical (unpaired) electrons. The first-order chi connectivity index (χ1) is 12.1. The summed E-state index contributed by atoms with van der Waals surface area (Å²) in [6, 6.07) is -0.337. The van der Waals surface area contributed by atoms with E-state index in [9.17, 15) is 14.4 Å². The summed E-state index contributed by atoms with van der Waals surface area (Å²) >= 11 is 0. The topological polar surface area (TPSA) is 111 Å². The smallest absolute Gasteiger partial charge is 0.257 e. The second-order valence-electron chi connectivity index (χ2n) is 8.83. The number of fused-ring (bicyclic) bond motifs is 2. The Morgan fingerprint density at radius 1 is 1.19 bits per heavy atom. The summed E-state index contributed by atoms with van der Waals surface area (Å²) in [5.41, 5.74) is 1.91. The lowest BCUT2D eigenvalue weighted by atomic mass is 9.65. The third-order valence-electron chi connectivity index (χ3n) is 5.51. The van der Waals surface area contributed by atoms with Gasteiger partial charge >= 0.3 is 0 Å². The van der Waals surface area contributed by atoms with Crippen LogP contribution in [-0.4, -0.2) is 59.5 Å². The molecule has 3 unspecified atom stereocenters. The summed E-state index contributed by atoms with van der Waals surface area (Å²) in [6.45, 7) is 9.12. The van der Waals surface area contributed by atoms with Crippen LogP contribution in [0.15, 0.2) is 0 Å². The van der Waals surface area contributed by atoms with E-state index < -0.39 is 11.9 Å². The van der Waals surface area contributed by atoms with E-state index in [1.54, 1.807) is 0 Å². The van der Waals surface area contributed by atoms with Gasteiger partial charge in [-0.3, -0.25) is 24.9 Å². The van der Waals surface area contributed by atoms with Gasteiger partial charge in [0, 0.05) is 12.6 Å². The quantitative estimate of drug-likeness (QED) is 0.384. The fraction of sp³-hybridized carbons (Fsp3) is 0.833. The van der Waals surface area contributed by atoms with Gasteiger partial charge in [0.2, 0.25) is 11.8 Å². The second kappa shape index (κ2) is 7.92. The monoisotopic (exact) mass is 368 g/mol. The molecular formula is C18H32N4O4. The maximum Gasteiger partial charge on any atom is 0.257 e. The van der Waals surface area contributed by atoms with Crippen LogP contribution < -0.4 is 16.1 Å². The lowest BCUT2D eigenvalue weighted by molar-refractivity contribution is -0.134. The molecule has 0 spiro atoms. The third kappa shape index (κ3) is 4.94. The molecule has 26 heavy (non-hydrogen) atoms. The summed E-state index contributed by atoms with van der Waals surface area (Å²) in [5, 5.41) is 13.9. The first kappa shape index (κ1) is 20.6. The van der Waals surface area contributed by atoms with Crippen LogP contribution in [0.5, 0.6) is 0 Å². The molecular weight excluding hydrogens is 336 g/mol. The number of rotatable bonds is 7. The Labute approximate surface area is 155 Å². The Morgan fingerprint density at radius 3 is 2.50 bits per heavy atom. The molecule has 1 heterocycles. The number of carbonyl (C=O) groups excluding carboxylic acids is 3. The number of hydrogen-bond donors (Lipinski definition) is 4. The van der Waals surface area contributed by atoms with Crippen LogP contribution in [0, 0.1) is 10.8 Å². The molecule has 3 atom stereocenters. The van der Waals surface area contributed by atoms with Crippen LogP contribution in [0.25, 0.3) is 0 Å². The summed E-state index contributed by atoms with van der Waals surface area (Å²) in [6.07, 6.45) is 3.61. The molecule has 148 valence electrons. The SMILES string of the molecule is CCC(NCC(=O)NO)C(=O)NCC(=O)N1CC2(C)CC1CC(C)(C)C2. The molecule has 3 amide bonds. The predicted octanol–water partition coefficient (Wildman–Crippen LogP) is 0.403. The zero-order valence-electron chi connectivity index (χ0n) is 16.2. The van der Waals surface area contributed by atoms with Crippen molar-refractivity contribution in [1.29, 1.82) is 0 Å². The Bertz CT molecular complexity index is 565. The highest BCUT2D eigenvalue weighted by molar-refractivity contribution is 5.88. The Balaban J connectivity index is 1.86. The van der Waals surface area contributed by atoms with Crippen LogP contribution in [0.1, 0.15) is 53.4 Å². The van der Waals surface area contributed by atoms with Crippen molar-refractivity contribution in [3.8, 4) is 0 Å². The zero-order chi connectivity index (χ0) is 19.5. The van der Waals surface area contributed by atoms with Gasteiger partial charge in [0.25, 0.3) is 5.91 Å². The van der Waals surface area contributed by atoms with Gasteiger partial charge in [-0.25, -0.2) is 5.48 Å². The lowest BCUT2D eigenvalue weighted by Crippen LogP contribution is -2.50. The fourth-order valence-electron chi connectivity index (χ4n) is 4.82. The third-order valence-corrected chi connectivity index (χ3v) is 5.51. The maximum absolute atomic E-state index is 12.7. The Morgan fingerprint density at radius 2 is 1.88 bits per heavy atom. The van der Waals surface area contributed by atoms with Crippen molar-refractivity contribution in [1.82, 2.24) is 21.0 Å². The number of hydrogen-bond acceptors (Lipinski definition) is 5. The molecule has 0 aromatic rings. The highest BCUT2D eigenvalue weighted by Crippen LogP contribution is 2.52. The molecule has 2 aliphatic rings.